The molecule has 0 saturated carbocycles. The van der Waals surface area contributed by atoms with E-state index in [1.165, 1.54) is 12.1 Å². The average molecular weight is 525 g/mol. The van der Waals surface area contributed by atoms with Crippen LogP contribution in [0.3, 0.4) is 0 Å². The molecule has 1 aromatic carbocycles. The Morgan fingerprint density at radius 1 is 1.22 bits per heavy atom. The van der Waals surface area contributed by atoms with Crippen molar-refractivity contribution in [3.63, 3.8) is 0 Å². The number of hydrogen-bond donors (Lipinski definition) is 2. The van der Waals surface area contributed by atoms with Gasteiger partial charge in [0.2, 0.25) is 0 Å². The second-order valence-electron chi connectivity index (χ2n) is 9.58. The molecule has 37 heavy (non-hydrogen) atoms. The second kappa shape index (κ2) is 8.54. The summed E-state index contributed by atoms with van der Waals surface area (Å²) in [5.41, 5.74) is -1.43. The van der Waals surface area contributed by atoms with Gasteiger partial charge in [-0.25, -0.2) is 9.37 Å². The number of piperazine rings is 1. The van der Waals surface area contributed by atoms with Gasteiger partial charge in [-0.2, -0.15) is 22.0 Å². The van der Waals surface area contributed by atoms with Crippen molar-refractivity contribution in [1.29, 1.82) is 0 Å². The molecule has 0 radical (unpaired) electrons. The second-order valence-corrected chi connectivity index (χ2v) is 9.58. The molecule has 13 heteroatoms. The lowest BCUT2D eigenvalue weighted by Gasteiger charge is -2.49. The molecule has 4 aliphatic rings. The Morgan fingerprint density at radius 3 is 2.62 bits per heavy atom. The summed E-state index contributed by atoms with van der Waals surface area (Å²) in [4.78, 5) is 18.2. The van der Waals surface area contributed by atoms with Gasteiger partial charge in [0.25, 0.3) is 5.91 Å². The van der Waals surface area contributed by atoms with E-state index < -0.39 is 41.8 Å². The summed E-state index contributed by atoms with van der Waals surface area (Å²) in [6.07, 6.45) is -1.83. The maximum Gasteiger partial charge on any atom is 0.421 e. The van der Waals surface area contributed by atoms with Gasteiger partial charge in [0.15, 0.2) is 0 Å². The normalized spacial score (nSPS) is 23.0. The molecular weight excluding hydrogens is 504 g/mol. The summed E-state index contributed by atoms with van der Waals surface area (Å²) in [5.74, 6) is -2.01. The lowest BCUT2D eigenvalue weighted by molar-refractivity contribution is -0.138. The van der Waals surface area contributed by atoms with Crippen LogP contribution < -0.4 is 20.3 Å². The Labute approximate surface area is 206 Å². The Kier molecular flexibility index (Phi) is 5.51. The maximum atomic E-state index is 15.2. The van der Waals surface area contributed by atoms with Crippen molar-refractivity contribution in [1.82, 2.24) is 20.2 Å². The maximum absolute atomic E-state index is 15.2. The van der Waals surface area contributed by atoms with E-state index in [0.717, 1.165) is 24.9 Å². The number of ether oxygens (including phenoxy) is 1. The van der Waals surface area contributed by atoms with Crippen LogP contribution >= 0.6 is 0 Å². The van der Waals surface area contributed by atoms with Crippen LogP contribution in [0, 0.1) is 5.82 Å². The van der Waals surface area contributed by atoms with Crippen molar-refractivity contribution in [3.05, 3.63) is 53.1 Å². The number of aromatic nitrogens is 2. The summed E-state index contributed by atoms with van der Waals surface area (Å²) in [6.45, 7) is -2.40. The molecule has 7 rings (SSSR count). The number of hydrogen-bond acceptors (Lipinski definition) is 5. The number of alkyl halides is 5. The van der Waals surface area contributed by atoms with Crippen LogP contribution in [0.15, 0.2) is 30.6 Å². The first kappa shape index (κ1) is 23.9. The van der Waals surface area contributed by atoms with Crippen LogP contribution in [-0.2, 0) is 12.6 Å². The van der Waals surface area contributed by atoms with E-state index >= 15 is 4.39 Å². The highest BCUT2D eigenvalue weighted by molar-refractivity contribution is 5.97. The van der Waals surface area contributed by atoms with Crippen molar-refractivity contribution in [2.24, 2.45) is 0 Å². The first-order valence-corrected chi connectivity index (χ1v) is 11.7. The first-order valence-electron chi connectivity index (χ1n) is 11.7. The van der Waals surface area contributed by atoms with E-state index in [1.54, 1.807) is 4.90 Å². The SMILES string of the molecule is O=C(NC1COc2c(c(F)cc(N3CC4CC(C3)N4)c2C(F)(F)F)C1)c1cnc2c(ccn2C(F)F)c1. The summed E-state index contributed by atoms with van der Waals surface area (Å²) < 4.78 is 89.8. The summed E-state index contributed by atoms with van der Waals surface area (Å²) in [6, 6.07) is 3.00. The Balaban J connectivity index is 1.25. The average Bonchev–Trinajstić information content (AvgIpc) is 3.27. The fourth-order valence-corrected chi connectivity index (χ4v) is 5.41. The van der Waals surface area contributed by atoms with Gasteiger partial charge in [-0.15, -0.1) is 0 Å². The molecule has 3 unspecified atom stereocenters. The molecule has 2 N–H and O–H groups in total. The zero-order chi connectivity index (χ0) is 26.1. The Hall–Kier alpha value is -3.48. The zero-order valence-corrected chi connectivity index (χ0v) is 19.2. The van der Waals surface area contributed by atoms with Crippen molar-refractivity contribution >= 4 is 22.6 Å². The third kappa shape index (κ3) is 4.14. The van der Waals surface area contributed by atoms with Crippen LogP contribution in [0.2, 0.25) is 0 Å². The zero-order valence-electron chi connectivity index (χ0n) is 19.2. The van der Waals surface area contributed by atoms with E-state index in [2.05, 4.69) is 15.6 Å². The number of carbonyl (C=O) groups is 1. The van der Waals surface area contributed by atoms with Gasteiger partial charge >= 0.3 is 12.7 Å². The van der Waals surface area contributed by atoms with Crippen LogP contribution in [0.25, 0.3) is 11.0 Å². The first-order chi connectivity index (χ1) is 17.6. The number of piperidine rings is 1. The molecule has 196 valence electrons. The monoisotopic (exact) mass is 525 g/mol. The number of nitrogens with one attached hydrogen (secondary N) is 2. The highest BCUT2D eigenvalue weighted by atomic mass is 19.4. The van der Waals surface area contributed by atoms with Gasteiger partial charge < -0.3 is 20.3 Å². The Morgan fingerprint density at radius 2 is 1.95 bits per heavy atom. The minimum atomic E-state index is -4.77. The van der Waals surface area contributed by atoms with Crippen LogP contribution in [0.1, 0.15) is 34.5 Å². The number of anilines is 1. The summed E-state index contributed by atoms with van der Waals surface area (Å²) in [7, 11) is 0. The minimum Gasteiger partial charge on any atom is -0.490 e. The molecule has 2 bridgehead atoms. The standard InChI is InChI=1S/C24H21F6N5O2/c25-17-6-18(34-8-13-4-14(9-34)32-13)19(24(28,29)30)20-16(17)5-15(10-37-20)33-22(36)12-3-11-1-2-35(23(26)27)21(11)31-7-12/h1-3,6-7,13-15,23,32H,4-5,8-10H2,(H,33,36). The van der Waals surface area contributed by atoms with E-state index in [0.29, 0.717) is 23.0 Å². The predicted molar refractivity (Wildman–Crippen MR) is 120 cm³/mol. The van der Waals surface area contributed by atoms with Crippen molar-refractivity contribution in [2.45, 2.75) is 43.7 Å². The number of carbonyl (C=O) groups excluding carboxylic acids is 1. The molecule has 3 aromatic rings. The molecule has 0 aliphatic carbocycles. The number of pyridine rings is 1. The van der Waals surface area contributed by atoms with Crippen LogP contribution in [0.5, 0.6) is 5.75 Å². The number of halogens is 6. The third-order valence-corrected chi connectivity index (χ3v) is 7.10. The number of benzene rings is 1. The summed E-state index contributed by atoms with van der Waals surface area (Å²) in [5, 5.41) is 6.18. The van der Waals surface area contributed by atoms with Gasteiger partial charge in [0.1, 0.15) is 29.4 Å². The third-order valence-electron chi connectivity index (χ3n) is 7.10. The van der Waals surface area contributed by atoms with Gasteiger partial charge in [-0.1, -0.05) is 0 Å². The lowest BCUT2D eigenvalue weighted by Crippen LogP contribution is -2.67. The Bertz CT molecular complexity index is 1370. The van der Waals surface area contributed by atoms with Crippen molar-refractivity contribution in [2.75, 3.05) is 24.6 Å². The largest absolute Gasteiger partial charge is 0.490 e. The fraction of sp³-hybridized carbons (Fsp3) is 0.417. The van der Waals surface area contributed by atoms with E-state index in [4.69, 9.17) is 4.74 Å². The number of amides is 1. The number of nitrogens with zero attached hydrogens (tertiary/aromatic N) is 3. The highest BCUT2D eigenvalue weighted by Gasteiger charge is 2.45. The van der Waals surface area contributed by atoms with Gasteiger partial charge in [-0.05, 0) is 24.6 Å². The molecule has 4 aliphatic heterocycles. The minimum absolute atomic E-state index is 0.000761. The lowest BCUT2D eigenvalue weighted by atomic mass is 9.89. The highest BCUT2D eigenvalue weighted by Crippen LogP contribution is 2.48. The molecule has 7 nitrogen and oxygen atoms in total. The summed E-state index contributed by atoms with van der Waals surface area (Å²) >= 11 is 0. The molecule has 3 fully saturated rings. The van der Waals surface area contributed by atoms with Crippen molar-refractivity contribution < 1.29 is 35.9 Å². The quantitative estimate of drug-likeness (QED) is 0.507. The molecule has 2 aromatic heterocycles. The van der Waals surface area contributed by atoms with Crippen molar-refractivity contribution in [3.8, 4) is 5.75 Å². The molecule has 3 atom stereocenters. The van der Waals surface area contributed by atoms with Gasteiger partial charge in [-0.3, -0.25) is 9.36 Å². The van der Waals surface area contributed by atoms with Gasteiger partial charge in [0, 0.05) is 54.9 Å². The molecule has 0 spiro atoms. The van der Waals surface area contributed by atoms with E-state index in [1.807, 2.05) is 0 Å². The molecular formula is C24H21F6N5O2. The van der Waals surface area contributed by atoms with Crippen LogP contribution in [0.4, 0.5) is 32.0 Å². The van der Waals surface area contributed by atoms with E-state index in [-0.39, 0.29) is 47.6 Å². The molecule has 6 heterocycles. The molecule has 1 amide bonds. The number of rotatable bonds is 4. The van der Waals surface area contributed by atoms with Gasteiger partial charge in [0.05, 0.1) is 17.3 Å². The topological polar surface area (TPSA) is 71.4 Å². The van der Waals surface area contributed by atoms with Crippen LogP contribution in [-0.4, -0.2) is 53.3 Å². The smallest absolute Gasteiger partial charge is 0.421 e. The van der Waals surface area contributed by atoms with E-state index in [9.17, 15) is 26.7 Å². The predicted octanol–water partition coefficient (Wildman–Crippen LogP) is 3.87. The number of fused-ring (bicyclic) bond motifs is 4. The molecule has 3 saturated heterocycles. The fourth-order valence-electron chi connectivity index (χ4n) is 5.41.